The van der Waals surface area contributed by atoms with Crippen LogP contribution in [0.3, 0.4) is 0 Å². The molecule has 8 heteroatoms. The smallest absolute Gasteiger partial charge is 0.279 e. The summed E-state index contributed by atoms with van der Waals surface area (Å²) < 4.78 is 40.4. The molecule has 0 amide bonds. The lowest BCUT2D eigenvalue weighted by Gasteiger charge is -2.34. The summed E-state index contributed by atoms with van der Waals surface area (Å²) in [5.74, 6) is 1.26. The van der Waals surface area contributed by atoms with Gasteiger partial charge < -0.3 is 9.15 Å². The molecule has 1 aromatic heterocycles. The van der Waals surface area contributed by atoms with Crippen molar-refractivity contribution in [1.29, 1.82) is 0 Å². The molecule has 1 aliphatic heterocycles. The van der Waals surface area contributed by atoms with Gasteiger partial charge in [0.2, 0.25) is 5.89 Å². The fourth-order valence-electron chi connectivity index (χ4n) is 3.08. The van der Waals surface area contributed by atoms with Gasteiger partial charge in [0.25, 0.3) is 10.2 Å². The highest BCUT2D eigenvalue weighted by atomic mass is 32.2. The molecule has 142 valence electrons. The standard InChI is InChI=1S/C18H25N3O4S/c1-13-11-21(12-14(2)24-13)26(22,23)19-10-9-17-15(3)25-18(20-17)16-7-5-4-6-8-16/h4-8,13-14,19H,9-12H2,1-3H3/t13-,14-/m1/s1. The molecule has 0 saturated carbocycles. The van der Waals surface area contributed by atoms with Crippen LogP contribution in [0.5, 0.6) is 0 Å². The Kier molecular flexibility index (Phi) is 5.76. The van der Waals surface area contributed by atoms with E-state index in [2.05, 4.69) is 9.71 Å². The molecule has 7 nitrogen and oxygen atoms in total. The molecule has 1 aliphatic rings. The van der Waals surface area contributed by atoms with Gasteiger partial charge in [0.05, 0.1) is 17.9 Å². The van der Waals surface area contributed by atoms with Gasteiger partial charge >= 0.3 is 0 Å². The first-order valence-corrected chi connectivity index (χ1v) is 10.2. The Labute approximate surface area is 154 Å². The van der Waals surface area contributed by atoms with Crippen molar-refractivity contribution >= 4 is 10.2 Å². The number of benzene rings is 1. The third-order valence-corrected chi connectivity index (χ3v) is 5.83. The predicted octanol–water partition coefficient (Wildman–Crippen LogP) is 2.14. The zero-order chi connectivity index (χ0) is 18.7. The van der Waals surface area contributed by atoms with Crippen LogP contribution in [0.25, 0.3) is 11.5 Å². The Bertz CT molecular complexity index is 825. The van der Waals surface area contributed by atoms with Crippen LogP contribution in [0, 0.1) is 6.92 Å². The van der Waals surface area contributed by atoms with E-state index in [-0.39, 0.29) is 18.8 Å². The van der Waals surface area contributed by atoms with Crippen molar-refractivity contribution in [2.45, 2.75) is 39.4 Å². The Morgan fingerprint density at radius 1 is 1.19 bits per heavy atom. The molecule has 0 radical (unpaired) electrons. The van der Waals surface area contributed by atoms with E-state index in [1.54, 1.807) is 0 Å². The van der Waals surface area contributed by atoms with E-state index in [4.69, 9.17) is 9.15 Å². The van der Waals surface area contributed by atoms with Crippen molar-refractivity contribution in [3.05, 3.63) is 41.8 Å². The van der Waals surface area contributed by atoms with Crippen molar-refractivity contribution in [1.82, 2.24) is 14.0 Å². The van der Waals surface area contributed by atoms with Gasteiger partial charge in [0.1, 0.15) is 5.76 Å². The second kappa shape index (κ2) is 7.87. The van der Waals surface area contributed by atoms with Gasteiger partial charge in [0.15, 0.2) is 0 Å². The van der Waals surface area contributed by atoms with Gasteiger partial charge in [0, 0.05) is 31.6 Å². The predicted molar refractivity (Wildman–Crippen MR) is 98.9 cm³/mol. The van der Waals surface area contributed by atoms with Crippen LogP contribution in [0.1, 0.15) is 25.3 Å². The number of morpholine rings is 1. The van der Waals surface area contributed by atoms with Crippen LogP contribution < -0.4 is 4.72 Å². The molecular weight excluding hydrogens is 354 g/mol. The van der Waals surface area contributed by atoms with Gasteiger partial charge in [-0.1, -0.05) is 18.2 Å². The summed E-state index contributed by atoms with van der Waals surface area (Å²) in [6.45, 7) is 6.59. The highest BCUT2D eigenvalue weighted by molar-refractivity contribution is 7.87. The largest absolute Gasteiger partial charge is 0.441 e. The number of aromatic nitrogens is 1. The Morgan fingerprint density at radius 2 is 1.85 bits per heavy atom. The minimum atomic E-state index is -3.53. The maximum atomic E-state index is 12.5. The number of oxazole rings is 1. The summed E-state index contributed by atoms with van der Waals surface area (Å²) in [5, 5.41) is 0. The third kappa shape index (κ3) is 4.50. The lowest BCUT2D eigenvalue weighted by atomic mass is 10.2. The molecule has 0 aliphatic carbocycles. The summed E-state index contributed by atoms with van der Waals surface area (Å²) in [6.07, 6.45) is 0.250. The number of hydrogen-bond donors (Lipinski definition) is 1. The van der Waals surface area contributed by atoms with E-state index < -0.39 is 10.2 Å². The summed E-state index contributed by atoms with van der Waals surface area (Å²) in [4.78, 5) is 4.50. The van der Waals surface area contributed by atoms with Crippen LogP contribution in [0.4, 0.5) is 0 Å². The molecule has 0 unspecified atom stereocenters. The number of nitrogens with zero attached hydrogens (tertiary/aromatic N) is 2. The zero-order valence-corrected chi connectivity index (χ0v) is 16.1. The molecule has 26 heavy (non-hydrogen) atoms. The first-order valence-electron chi connectivity index (χ1n) is 8.77. The van der Waals surface area contributed by atoms with Crippen LogP contribution >= 0.6 is 0 Å². The van der Waals surface area contributed by atoms with Crippen molar-refractivity contribution in [3.8, 4) is 11.5 Å². The first kappa shape index (κ1) is 19.0. The average molecular weight is 379 g/mol. The van der Waals surface area contributed by atoms with E-state index in [9.17, 15) is 8.42 Å². The molecular formula is C18H25N3O4S. The van der Waals surface area contributed by atoms with E-state index in [0.29, 0.717) is 31.2 Å². The highest BCUT2D eigenvalue weighted by Gasteiger charge is 2.30. The lowest BCUT2D eigenvalue weighted by molar-refractivity contribution is -0.0443. The molecule has 0 spiro atoms. The van der Waals surface area contributed by atoms with Crippen LogP contribution in [0.2, 0.25) is 0 Å². The van der Waals surface area contributed by atoms with Crippen molar-refractivity contribution in [2.75, 3.05) is 19.6 Å². The normalized spacial score (nSPS) is 21.8. The summed E-state index contributed by atoms with van der Waals surface area (Å²) in [7, 11) is -3.53. The van der Waals surface area contributed by atoms with Gasteiger partial charge in [-0.25, -0.2) is 9.71 Å². The summed E-state index contributed by atoms with van der Waals surface area (Å²) in [6, 6.07) is 9.64. The number of nitrogens with one attached hydrogen (secondary N) is 1. The lowest BCUT2D eigenvalue weighted by Crippen LogP contribution is -2.52. The molecule has 2 heterocycles. The van der Waals surface area contributed by atoms with E-state index in [1.807, 2.05) is 51.1 Å². The van der Waals surface area contributed by atoms with Crippen molar-refractivity contribution < 1.29 is 17.6 Å². The molecule has 1 aromatic carbocycles. The van der Waals surface area contributed by atoms with Crippen LogP contribution in [-0.2, 0) is 21.4 Å². The Morgan fingerprint density at radius 3 is 2.50 bits per heavy atom. The number of ether oxygens (including phenoxy) is 1. The van der Waals surface area contributed by atoms with Crippen LogP contribution in [-0.4, -0.2) is 49.5 Å². The molecule has 3 rings (SSSR count). The summed E-state index contributed by atoms with van der Waals surface area (Å²) >= 11 is 0. The Hall–Kier alpha value is -1.74. The van der Waals surface area contributed by atoms with E-state index in [1.165, 1.54) is 4.31 Å². The molecule has 1 fully saturated rings. The maximum absolute atomic E-state index is 12.5. The quantitative estimate of drug-likeness (QED) is 0.831. The van der Waals surface area contributed by atoms with E-state index in [0.717, 1.165) is 11.3 Å². The van der Waals surface area contributed by atoms with Crippen molar-refractivity contribution in [2.24, 2.45) is 0 Å². The monoisotopic (exact) mass is 379 g/mol. The van der Waals surface area contributed by atoms with Gasteiger partial charge in [-0.05, 0) is 32.9 Å². The van der Waals surface area contributed by atoms with Gasteiger partial charge in [-0.15, -0.1) is 0 Å². The van der Waals surface area contributed by atoms with Crippen molar-refractivity contribution in [3.63, 3.8) is 0 Å². The SMILES string of the molecule is Cc1oc(-c2ccccc2)nc1CCNS(=O)(=O)N1C[C@@H](C)O[C@H](C)C1. The second-order valence-corrected chi connectivity index (χ2v) is 8.37. The maximum Gasteiger partial charge on any atom is 0.279 e. The highest BCUT2D eigenvalue weighted by Crippen LogP contribution is 2.21. The second-order valence-electron chi connectivity index (χ2n) is 6.61. The number of rotatable bonds is 6. The molecule has 2 atom stereocenters. The Balaban J connectivity index is 1.60. The molecule has 1 N–H and O–H groups in total. The zero-order valence-electron chi connectivity index (χ0n) is 15.3. The van der Waals surface area contributed by atoms with Gasteiger partial charge in [-0.2, -0.15) is 12.7 Å². The first-order chi connectivity index (χ1) is 12.3. The average Bonchev–Trinajstić information content (AvgIpc) is 2.96. The topological polar surface area (TPSA) is 84.7 Å². The summed E-state index contributed by atoms with van der Waals surface area (Å²) in [5.41, 5.74) is 1.66. The molecule has 1 saturated heterocycles. The van der Waals surface area contributed by atoms with E-state index >= 15 is 0 Å². The fraction of sp³-hybridized carbons (Fsp3) is 0.500. The minimum absolute atomic E-state index is 0.110. The number of hydrogen-bond acceptors (Lipinski definition) is 5. The minimum Gasteiger partial charge on any atom is -0.441 e. The third-order valence-electron chi connectivity index (χ3n) is 4.29. The molecule has 0 bridgehead atoms. The fourth-order valence-corrected chi connectivity index (χ4v) is 4.44. The van der Waals surface area contributed by atoms with Crippen LogP contribution in [0.15, 0.2) is 34.7 Å². The van der Waals surface area contributed by atoms with Gasteiger partial charge in [-0.3, -0.25) is 0 Å². The molecule has 2 aromatic rings. The number of aryl methyl sites for hydroxylation is 1.